The minimum atomic E-state index is -0.504. The van der Waals surface area contributed by atoms with Gasteiger partial charge in [0.1, 0.15) is 0 Å². The number of carbonyl (C=O) groups excluding carboxylic acids is 2. The Labute approximate surface area is 143 Å². The van der Waals surface area contributed by atoms with Gasteiger partial charge in [0.2, 0.25) is 11.8 Å². The van der Waals surface area contributed by atoms with E-state index in [2.05, 4.69) is 10.4 Å². The second-order valence-electron chi connectivity index (χ2n) is 5.27. The number of nitrogens with one attached hydrogen (secondary N) is 1. The van der Waals surface area contributed by atoms with Crippen molar-refractivity contribution in [3.63, 3.8) is 0 Å². The summed E-state index contributed by atoms with van der Waals surface area (Å²) in [6, 6.07) is 14.0. The van der Waals surface area contributed by atoms with E-state index in [0.717, 1.165) is 10.9 Å². The molecule has 0 aliphatic heterocycles. The number of primary amides is 1. The predicted octanol–water partition coefficient (Wildman–Crippen LogP) is 2.82. The van der Waals surface area contributed by atoms with Crippen molar-refractivity contribution >= 4 is 40.0 Å². The Kier molecular flexibility index (Phi) is 4.48. The van der Waals surface area contributed by atoms with E-state index >= 15 is 0 Å². The Morgan fingerprint density at radius 1 is 1.12 bits per heavy atom. The van der Waals surface area contributed by atoms with Gasteiger partial charge in [0.25, 0.3) is 0 Å². The SMILES string of the molecule is NC(=O)c1ccc(NC(=O)CCn2nc(Cl)c3ccccc32)cc1. The average Bonchev–Trinajstić information content (AvgIpc) is 2.90. The number of fused-ring (bicyclic) bond motifs is 1. The Bertz CT molecular complexity index is 903. The van der Waals surface area contributed by atoms with Gasteiger partial charge in [0.05, 0.1) is 12.1 Å². The van der Waals surface area contributed by atoms with E-state index < -0.39 is 5.91 Å². The third-order valence-corrected chi connectivity index (χ3v) is 3.90. The zero-order chi connectivity index (χ0) is 17.1. The summed E-state index contributed by atoms with van der Waals surface area (Å²) in [6.45, 7) is 0.415. The maximum atomic E-state index is 12.1. The van der Waals surface area contributed by atoms with Crippen LogP contribution in [0.5, 0.6) is 0 Å². The zero-order valence-electron chi connectivity index (χ0n) is 12.7. The number of hydrogen-bond donors (Lipinski definition) is 2. The van der Waals surface area contributed by atoms with Crippen molar-refractivity contribution in [1.82, 2.24) is 9.78 Å². The molecule has 2 amide bonds. The second kappa shape index (κ2) is 6.72. The first kappa shape index (κ1) is 16.0. The lowest BCUT2D eigenvalue weighted by molar-refractivity contribution is -0.116. The summed E-state index contributed by atoms with van der Waals surface area (Å²) in [6.07, 6.45) is 0.250. The number of nitrogens with two attached hydrogens (primary N) is 1. The molecule has 0 spiro atoms. The van der Waals surface area contributed by atoms with E-state index in [0.29, 0.717) is 22.9 Å². The molecule has 0 bridgehead atoms. The number of halogens is 1. The fourth-order valence-corrected chi connectivity index (χ4v) is 2.66. The molecule has 122 valence electrons. The summed E-state index contributed by atoms with van der Waals surface area (Å²) in [5.74, 6) is -0.659. The third kappa shape index (κ3) is 3.38. The Balaban J connectivity index is 1.63. The quantitative estimate of drug-likeness (QED) is 0.747. The van der Waals surface area contributed by atoms with E-state index in [4.69, 9.17) is 17.3 Å². The van der Waals surface area contributed by atoms with Crippen LogP contribution < -0.4 is 11.1 Å². The van der Waals surface area contributed by atoms with Crippen LogP contribution in [-0.4, -0.2) is 21.6 Å². The lowest BCUT2D eigenvalue weighted by Gasteiger charge is -2.06. The summed E-state index contributed by atoms with van der Waals surface area (Å²) in [7, 11) is 0. The monoisotopic (exact) mass is 342 g/mol. The van der Waals surface area contributed by atoms with E-state index in [-0.39, 0.29) is 12.3 Å². The number of para-hydroxylation sites is 1. The van der Waals surface area contributed by atoms with Crippen molar-refractivity contribution in [2.24, 2.45) is 5.73 Å². The topological polar surface area (TPSA) is 90.0 Å². The average molecular weight is 343 g/mol. The van der Waals surface area contributed by atoms with Crippen LogP contribution in [0.25, 0.3) is 10.9 Å². The van der Waals surface area contributed by atoms with Gasteiger partial charge >= 0.3 is 0 Å². The molecule has 0 atom stereocenters. The number of carbonyl (C=O) groups is 2. The van der Waals surface area contributed by atoms with Crippen LogP contribution >= 0.6 is 11.6 Å². The van der Waals surface area contributed by atoms with Crippen LogP contribution in [0.2, 0.25) is 5.15 Å². The molecule has 0 radical (unpaired) electrons. The molecule has 0 aliphatic carbocycles. The minimum absolute atomic E-state index is 0.155. The number of nitrogens with zero attached hydrogens (tertiary/aromatic N) is 2. The summed E-state index contributed by atoms with van der Waals surface area (Å²) in [4.78, 5) is 23.1. The van der Waals surface area contributed by atoms with Crippen LogP contribution in [0.3, 0.4) is 0 Å². The minimum Gasteiger partial charge on any atom is -0.366 e. The normalized spacial score (nSPS) is 10.7. The predicted molar refractivity (Wildman–Crippen MR) is 92.9 cm³/mol. The molecule has 6 nitrogen and oxygen atoms in total. The van der Waals surface area contributed by atoms with Gasteiger partial charge in [0, 0.05) is 23.1 Å². The van der Waals surface area contributed by atoms with Gasteiger partial charge in [0.15, 0.2) is 5.15 Å². The van der Waals surface area contributed by atoms with E-state index in [1.54, 1.807) is 28.9 Å². The van der Waals surface area contributed by atoms with Gasteiger partial charge < -0.3 is 11.1 Å². The largest absolute Gasteiger partial charge is 0.366 e. The van der Waals surface area contributed by atoms with Gasteiger partial charge in [-0.05, 0) is 36.4 Å². The van der Waals surface area contributed by atoms with Gasteiger partial charge in [-0.3, -0.25) is 14.3 Å². The summed E-state index contributed by atoms with van der Waals surface area (Å²) < 4.78 is 1.72. The number of amides is 2. The van der Waals surface area contributed by atoms with Crippen molar-refractivity contribution in [3.05, 3.63) is 59.2 Å². The molecule has 3 N–H and O–H groups in total. The highest BCUT2D eigenvalue weighted by Gasteiger charge is 2.10. The molecule has 2 aromatic carbocycles. The van der Waals surface area contributed by atoms with Crippen LogP contribution in [0.4, 0.5) is 5.69 Å². The van der Waals surface area contributed by atoms with E-state index in [9.17, 15) is 9.59 Å². The lowest BCUT2D eigenvalue weighted by atomic mass is 10.2. The van der Waals surface area contributed by atoms with Gasteiger partial charge in [-0.15, -0.1) is 0 Å². The molecule has 0 aliphatic rings. The highest BCUT2D eigenvalue weighted by atomic mass is 35.5. The number of benzene rings is 2. The third-order valence-electron chi connectivity index (χ3n) is 3.62. The number of rotatable bonds is 5. The Hall–Kier alpha value is -2.86. The van der Waals surface area contributed by atoms with E-state index in [1.807, 2.05) is 24.3 Å². The van der Waals surface area contributed by atoms with Crippen LogP contribution in [0.15, 0.2) is 48.5 Å². The molecule has 0 unspecified atom stereocenters. The number of anilines is 1. The van der Waals surface area contributed by atoms with Gasteiger partial charge in [-0.1, -0.05) is 23.7 Å². The number of hydrogen-bond acceptors (Lipinski definition) is 3. The molecule has 0 fully saturated rings. The fourth-order valence-electron chi connectivity index (χ4n) is 2.41. The van der Waals surface area contributed by atoms with Gasteiger partial charge in [-0.25, -0.2) is 0 Å². The Morgan fingerprint density at radius 3 is 2.54 bits per heavy atom. The molecule has 24 heavy (non-hydrogen) atoms. The maximum Gasteiger partial charge on any atom is 0.248 e. The van der Waals surface area contributed by atoms with Crippen LogP contribution in [0.1, 0.15) is 16.8 Å². The smallest absolute Gasteiger partial charge is 0.248 e. The van der Waals surface area contributed by atoms with Gasteiger partial charge in [-0.2, -0.15) is 5.10 Å². The summed E-state index contributed by atoms with van der Waals surface area (Å²) in [5, 5.41) is 8.31. The molecular weight excluding hydrogens is 328 g/mol. The van der Waals surface area contributed by atoms with Crippen molar-refractivity contribution in [2.45, 2.75) is 13.0 Å². The fraction of sp³-hybridized carbons (Fsp3) is 0.118. The van der Waals surface area contributed by atoms with Crippen LogP contribution in [-0.2, 0) is 11.3 Å². The molecule has 1 aromatic heterocycles. The molecule has 3 rings (SSSR count). The molecule has 7 heteroatoms. The lowest BCUT2D eigenvalue weighted by Crippen LogP contribution is -2.15. The molecular formula is C17H15ClN4O2. The highest BCUT2D eigenvalue weighted by molar-refractivity contribution is 6.34. The first-order valence-electron chi connectivity index (χ1n) is 7.35. The van der Waals surface area contributed by atoms with Crippen molar-refractivity contribution in [2.75, 3.05) is 5.32 Å². The summed E-state index contributed by atoms with van der Waals surface area (Å²) >= 11 is 6.09. The second-order valence-corrected chi connectivity index (χ2v) is 5.63. The first-order chi connectivity index (χ1) is 11.5. The Morgan fingerprint density at radius 2 is 1.83 bits per heavy atom. The zero-order valence-corrected chi connectivity index (χ0v) is 13.5. The maximum absolute atomic E-state index is 12.1. The number of aromatic nitrogens is 2. The number of aryl methyl sites for hydroxylation is 1. The highest BCUT2D eigenvalue weighted by Crippen LogP contribution is 2.22. The van der Waals surface area contributed by atoms with E-state index in [1.165, 1.54) is 0 Å². The standard InChI is InChI=1S/C17H15ClN4O2/c18-16-13-3-1-2-4-14(13)22(21-16)10-9-15(23)20-12-7-5-11(6-8-12)17(19)24/h1-8H,9-10H2,(H2,19,24)(H,20,23). The van der Waals surface area contributed by atoms with Crippen molar-refractivity contribution in [3.8, 4) is 0 Å². The molecule has 0 saturated carbocycles. The molecule has 3 aromatic rings. The molecule has 1 heterocycles. The van der Waals surface area contributed by atoms with Crippen molar-refractivity contribution in [1.29, 1.82) is 0 Å². The summed E-state index contributed by atoms with van der Waals surface area (Å²) in [5.41, 5.74) is 7.07. The van der Waals surface area contributed by atoms with Crippen molar-refractivity contribution < 1.29 is 9.59 Å². The molecule has 0 saturated heterocycles. The van der Waals surface area contributed by atoms with Crippen LogP contribution in [0, 0.1) is 0 Å². The first-order valence-corrected chi connectivity index (χ1v) is 7.73.